The lowest BCUT2D eigenvalue weighted by atomic mass is 10.1. The van der Waals surface area contributed by atoms with Crippen molar-refractivity contribution < 1.29 is 9.47 Å². The van der Waals surface area contributed by atoms with Crippen LogP contribution < -0.4 is 19.7 Å². The maximum atomic E-state index is 5.48. The van der Waals surface area contributed by atoms with Crippen LogP contribution in [0.15, 0.2) is 42.5 Å². The van der Waals surface area contributed by atoms with Crippen LogP contribution in [-0.2, 0) is 0 Å². The highest BCUT2D eigenvalue weighted by Crippen LogP contribution is 2.36. The standard InChI is InChI=1S/C21H24N4O2/c1-26-18-13-16-17(14-19(18)27-2)23-21(25-11-7-4-8-12-25)24-20(16)22-15-9-5-3-6-10-15/h3,5-6,9-10,13-14H,4,7-8,11-12H2,1-2H3,(H,22,23,24). The van der Waals surface area contributed by atoms with Gasteiger partial charge in [0.15, 0.2) is 11.5 Å². The number of benzene rings is 2. The quantitative estimate of drug-likeness (QED) is 0.725. The van der Waals surface area contributed by atoms with Gasteiger partial charge in [-0.3, -0.25) is 0 Å². The summed E-state index contributed by atoms with van der Waals surface area (Å²) in [7, 11) is 3.27. The van der Waals surface area contributed by atoms with Crippen LogP contribution in [0.2, 0.25) is 0 Å². The predicted octanol–water partition coefficient (Wildman–Crippen LogP) is 4.38. The third-order valence-electron chi connectivity index (χ3n) is 4.86. The molecule has 6 heteroatoms. The summed E-state index contributed by atoms with van der Waals surface area (Å²) < 4.78 is 10.9. The molecule has 140 valence electrons. The van der Waals surface area contributed by atoms with Gasteiger partial charge in [0.2, 0.25) is 5.95 Å². The molecule has 6 nitrogen and oxygen atoms in total. The van der Waals surface area contributed by atoms with Crippen LogP contribution in [-0.4, -0.2) is 37.3 Å². The minimum atomic E-state index is 0.662. The fourth-order valence-corrected chi connectivity index (χ4v) is 3.43. The molecule has 1 saturated heterocycles. The minimum Gasteiger partial charge on any atom is -0.493 e. The number of piperidine rings is 1. The van der Waals surface area contributed by atoms with Gasteiger partial charge in [0, 0.05) is 30.2 Å². The number of ether oxygens (including phenoxy) is 2. The van der Waals surface area contributed by atoms with Crippen LogP contribution in [0.4, 0.5) is 17.5 Å². The van der Waals surface area contributed by atoms with E-state index in [-0.39, 0.29) is 0 Å². The molecule has 0 amide bonds. The fraction of sp³-hybridized carbons (Fsp3) is 0.333. The molecule has 0 spiro atoms. The lowest BCUT2D eigenvalue weighted by Gasteiger charge is -2.27. The average molecular weight is 364 g/mol. The topological polar surface area (TPSA) is 59.5 Å². The number of nitrogens with zero attached hydrogens (tertiary/aromatic N) is 3. The van der Waals surface area contributed by atoms with Crippen molar-refractivity contribution in [3.63, 3.8) is 0 Å². The summed E-state index contributed by atoms with van der Waals surface area (Å²) in [5.74, 6) is 2.86. The summed E-state index contributed by atoms with van der Waals surface area (Å²) in [4.78, 5) is 11.9. The highest BCUT2D eigenvalue weighted by molar-refractivity contribution is 5.94. The normalized spacial score (nSPS) is 14.2. The highest BCUT2D eigenvalue weighted by Gasteiger charge is 2.18. The third-order valence-corrected chi connectivity index (χ3v) is 4.86. The molecular formula is C21H24N4O2. The van der Waals surface area contributed by atoms with Gasteiger partial charge in [0.25, 0.3) is 0 Å². The summed E-state index contributed by atoms with van der Waals surface area (Å²) >= 11 is 0. The second-order valence-electron chi connectivity index (χ2n) is 6.64. The zero-order chi connectivity index (χ0) is 18.6. The van der Waals surface area contributed by atoms with Crippen LogP contribution in [0.5, 0.6) is 11.5 Å². The highest BCUT2D eigenvalue weighted by atomic mass is 16.5. The van der Waals surface area contributed by atoms with Crippen LogP contribution in [0.3, 0.4) is 0 Å². The Hall–Kier alpha value is -3.02. The van der Waals surface area contributed by atoms with E-state index in [0.717, 1.165) is 41.4 Å². The van der Waals surface area contributed by atoms with Crippen molar-refractivity contribution in [2.75, 3.05) is 37.5 Å². The summed E-state index contributed by atoms with van der Waals surface area (Å²) in [6, 6.07) is 13.9. The van der Waals surface area contributed by atoms with E-state index in [9.17, 15) is 0 Å². The molecule has 0 bridgehead atoms. The predicted molar refractivity (Wildman–Crippen MR) is 108 cm³/mol. The number of rotatable bonds is 5. The Morgan fingerprint density at radius 2 is 1.59 bits per heavy atom. The van der Waals surface area contributed by atoms with Gasteiger partial charge in [-0.2, -0.15) is 4.98 Å². The molecule has 0 aliphatic carbocycles. The number of methoxy groups -OCH3 is 2. The van der Waals surface area contributed by atoms with E-state index in [4.69, 9.17) is 19.4 Å². The molecule has 3 aromatic rings. The Morgan fingerprint density at radius 1 is 0.889 bits per heavy atom. The van der Waals surface area contributed by atoms with Gasteiger partial charge in [-0.1, -0.05) is 18.2 Å². The molecule has 2 aromatic carbocycles. The number of hydrogen-bond donors (Lipinski definition) is 1. The van der Waals surface area contributed by atoms with Crippen molar-refractivity contribution in [3.8, 4) is 11.5 Å². The Morgan fingerprint density at radius 3 is 2.30 bits per heavy atom. The Balaban J connectivity index is 1.85. The summed E-state index contributed by atoms with van der Waals surface area (Å²) in [6.45, 7) is 1.98. The summed E-state index contributed by atoms with van der Waals surface area (Å²) in [5.41, 5.74) is 1.82. The van der Waals surface area contributed by atoms with Crippen molar-refractivity contribution in [1.82, 2.24) is 9.97 Å². The van der Waals surface area contributed by atoms with Gasteiger partial charge in [0.05, 0.1) is 19.7 Å². The first-order valence-corrected chi connectivity index (χ1v) is 9.29. The van der Waals surface area contributed by atoms with Gasteiger partial charge in [-0.25, -0.2) is 4.98 Å². The van der Waals surface area contributed by atoms with Gasteiger partial charge in [-0.05, 0) is 37.5 Å². The number of fused-ring (bicyclic) bond motifs is 1. The van der Waals surface area contributed by atoms with Crippen LogP contribution in [0.1, 0.15) is 19.3 Å². The van der Waals surface area contributed by atoms with Crippen LogP contribution >= 0.6 is 0 Å². The first-order chi connectivity index (χ1) is 13.3. The lowest BCUT2D eigenvalue weighted by molar-refractivity contribution is 0.356. The van der Waals surface area contributed by atoms with E-state index >= 15 is 0 Å². The minimum absolute atomic E-state index is 0.662. The van der Waals surface area contributed by atoms with Crippen molar-refractivity contribution in [2.45, 2.75) is 19.3 Å². The molecule has 0 atom stereocenters. The summed E-state index contributed by atoms with van der Waals surface area (Å²) in [5, 5.41) is 4.34. The maximum Gasteiger partial charge on any atom is 0.227 e. The fourth-order valence-electron chi connectivity index (χ4n) is 3.43. The first-order valence-electron chi connectivity index (χ1n) is 9.29. The Kier molecular flexibility index (Phi) is 4.96. The van der Waals surface area contributed by atoms with E-state index in [0.29, 0.717) is 11.5 Å². The molecule has 0 radical (unpaired) electrons. The third kappa shape index (κ3) is 3.60. The SMILES string of the molecule is COc1cc2nc(N3CCCCC3)nc(Nc3ccccc3)c2cc1OC. The monoisotopic (exact) mass is 364 g/mol. The van der Waals surface area contributed by atoms with Gasteiger partial charge < -0.3 is 19.7 Å². The molecule has 1 fully saturated rings. The largest absolute Gasteiger partial charge is 0.493 e. The molecule has 0 unspecified atom stereocenters. The molecule has 1 aromatic heterocycles. The zero-order valence-corrected chi connectivity index (χ0v) is 15.7. The number of nitrogens with one attached hydrogen (secondary N) is 1. The van der Waals surface area contributed by atoms with E-state index in [1.54, 1.807) is 14.2 Å². The Bertz CT molecular complexity index is 924. The molecule has 0 saturated carbocycles. The van der Waals surface area contributed by atoms with Crippen LogP contribution in [0, 0.1) is 0 Å². The van der Waals surface area contributed by atoms with Gasteiger partial charge in [0.1, 0.15) is 5.82 Å². The molecule has 1 aliphatic rings. The van der Waals surface area contributed by atoms with Gasteiger partial charge in [-0.15, -0.1) is 0 Å². The second-order valence-corrected chi connectivity index (χ2v) is 6.64. The van der Waals surface area contributed by atoms with E-state index < -0.39 is 0 Å². The first kappa shape index (κ1) is 17.4. The zero-order valence-electron chi connectivity index (χ0n) is 15.7. The van der Waals surface area contributed by atoms with Crippen molar-refractivity contribution >= 4 is 28.4 Å². The van der Waals surface area contributed by atoms with E-state index in [1.807, 2.05) is 42.5 Å². The van der Waals surface area contributed by atoms with E-state index in [2.05, 4.69) is 10.2 Å². The molecule has 1 aliphatic heterocycles. The molecular weight excluding hydrogens is 340 g/mol. The molecule has 2 heterocycles. The van der Waals surface area contributed by atoms with Crippen molar-refractivity contribution in [3.05, 3.63) is 42.5 Å². The molecule has 4 rings (SSSR count). The number of anilines is 3. The van der Waals surface area contributed by atoms with Crippen molar-refractivity contribution in [2.24, 2.45) is 0 Å². The van der Waals surface area contributed by atoms with Gasteiger partial charge >= 0.3 is 0 Å². The number of aromatic nitrogens is 2. The Labute approximate surface area is 159 Å². The van der Waals surface area contributed by atoms with Crippen LogP contribution in [0.25, 0.3) is 10.9 Å². The van der Waals surface area contributed by atoms with E-state index in [1.165, 1.54) is 19.3 Å². The molecule has 27 heavy (non-hydrogen) atoms. The summed E-state index contributed by atoms with van der Waals surface area (Å²) in [6.07, 6.45) is 3.62. The smallest absolute Gasteiger partial charge is 0.227 e. The maximum absolute atomic E-state index is 5.48. The lowest BCUT2D eigenvalue weighted by Crippen LogP contribution is -2.31. The number of hydrogen-bond acceptors (Lipinski definition) is 6. The molecule has 1 N–H and O–H groups in total. The second kappa shape index (κ2) is 7.70. The average Bonchev–Trinajstić information content (AvgIpc) is 2.74. The number of para-hydroxylation sites is 1. The van der Waals surface area contributed by atoms with Crippen molar-refractivity contribution in [1.29, 1.82) is 0 Å².